The molecule has 3 aliphatic heterocycles. The molecule has 21 atom stereocenters. The third kappa shape index (κ3) is 6.89. The van der Waals surface area contributed by atoms with E-state index in [9.17, 15) is 45.3 Å². The Labute approximate surface area is 358 Å². The first kappa shape index (κ1) is 46.0. The maximum atomic E-state index is 12.4. The van der Waals surface area contributed by atoms with Crippen LogP contribution >= 0.6 is 0 Å². The minimum atomic E-state index is -1.63. The molecule has 5 aliphatic carbocycles. The van der Waals surface area contributed by atoms with Gasteiger partial charge in [-0.3, -0.25) is 9.59 Å². The molecule has 7 N–H and O–H groups in total. The maximum Gasteiger partial charge on any atom is 0.303 e. The lowest BCUT2D eigenvalue weighted by Gasteiger charge is -2.65. The minimum absolute atomic E-state index is 0.0638. The third-order valence-corrected chi connectivity index (χ3v) is 18.2. The van der Waals surface area contributed by atoms with Crippen LogP contribution in [0, 0.1) is 44.8 Å². The summed E-state index contributed by atoms with van der Waals surface area (Å²) in [6.45, 7) is 16.1. The monoisotopic (exact) mass is 868 g/mol. The highest BCUT2D eigenvalue weighted by molar-refractivity contribution is 5.67. The number of ether oxygens (including phenoxy) is 7. The van der Waals surface area contributed by atoms with Crippen LogP contribution in [0.25, 0.3) is 0 Å². The summed E-state index contributed by atoms with van der Waals surface area (Å²) in [6, 6.07) is 0. The van der Waals surface area contributed by atoms with Crippen molar-refractivity contribution in [3.8, 4) is 0 Å². The number of fused-ring (bicyclic) bond motifs is 2. The van der Waals surface area contributed by atoms with Crippen molar-refractivity contribution in [2.45, 2.75) is 211 Å². The lowest BCUT2D eigenvalue weighted by Crippen LogP contribution is -2.65. The molecule has 8 fully saturated rings. The van der Waals surface area contributed by atoms with E-state index in [2.05, 4.69) is 34.6 Å². The van der Waals surface area contributed by atoms with E-state index in [1.807, 2.05) is 0 Å². The van der Waals surface area contributed by atoms with Crippen LogP contribution in [0.3, 0.4) is 0 Å². The van der Waals surface area contributed by atoms with Crippen LogP contribution in [-0.4, -0.2) is 152 Å². The SMILES string of the molecule is CC(=O)O[C@H]1[C@H](O[C@H]2CC[C@]34C[C@]35CC[C@]3(C)[C@H]([C@]6(C)CC[C@@H](C(C)(C)O)O6)[C@H](O)C[C@@]3(C)[C@@H]5C[C@H](O[C@@H]3O[C@H](CO)[C@@H](O)[C@H](O)[C@H]3O)[C@H]4C2(C)C)OC[C@@H](O)[C@H]1OC(C)=O. The first-order valence-electron chi connectivity index (χ1n) is 22.6. The second-order valence-corrected chi connectivity index (χ2v) is 22.2. The van der Waals surface area contributed by atoms with Crippen LogP contribution in [0.5, 0.6) is 0 Å². The topological polar surface area (TPSA) is 240 Å². The molecule has 8 rings (SSSR count). The van der Waals surface area contributed by atoms with Crippen LogP contribution in [0.15, 0.2) is 0 Å². The van der Waals surface area contributed by atoms with Crippen molar-refractivity contribution < 1.29 is 78.5 Å². The molecule has 3 heterocycles. The molecule has 348 valence electrons. The van der Waals surface area contributed by atoms with Crippen molar-refractivity contribution in [2.75, 3.05) is 13.2 Å². The number of carbonyl (C=O) groups is 2. The molecule has 0 aromatic heterocycles. The molecule has 0 bridgehead atoms. The van der Waals surface area contributed by atoms with Crippen LogP contribution in [-0.2, 0) is 42.7 Å². The van der Waals surface area contributed by atoms with Crippen LogP contribution in [0.2, 0.25) is 0 Å². The highest BCUT2D eigenvalue weighted by atomic mass is 16.7. The highest BCUT2D eigenvalue weighted by Crippen LogP contribution is 2.89. The van der Waals surface area contributed by atoms with E-state index in [0.717, 1.165) is 32.1 Å². The van der Waals surface area contributed by atoms with Gasteiger partial charge in [0.2, 0.25) is 0 Å². The van der Waals surface area contributed by atoms with Gasteiger partial charge in [0.15, 0.2) is 24.8 Å². The molecule has 8 aliphatic rings. The predicted molar refractivity (Wildman–Crippen MR) is 213 cm³/mol. The average molecular weight is 869 g/mol. The van der Waals surface area contributed by atoms with E-state index in [4.69, 9.17) is 33.2 Å². The van der Waals surface area contributed by atoms with E-state index >= 15 is 0 Å². The van der Waals surface area contributed by atoms with Gasteiger partial charge in [-0.05, 0) is 117 Å². The normalized spacial score (nSPS) is 53.8. The summed E-state index contributed by atoms with van der Waals surface area (Å²) in [5.74, 6) is -1.67. The molecule has 5 saturated carbocycles. The van der Waals surface area contributed by atoms with Gasteiger partial charge in [-0.2, -0.15) is 0 Å². The molecule has 61 heavy (non-hydrogen) atoms. The van der Waals surface area contributed by atoms with E-state index in [-0.39, 0.29) is 52.1 Å². The van der Waals surface area contributed by atoms with Crippen LogP contribution < -0.4 is 0 Å². The largest absolute Gasteiger partial charge is 0.455 e. The molecular formula is C45H72O16. The van der Waals surface area contributed by atoms with Crippen LogP contribution in [0.1, 0.15) is 120 Å². The summed E-state index contributed by atoms with van der Waals surface area (Å²) in [4.78, 5) is 24.5. The third-order valence-electron chi connectivity index (χ3n) is 18.2. The second-order valence-electron chi connectivity index (χ2n) is 22.2. The fourth-order valence-corrected chi connectivity index (χ4v) is 15.5. The van der Waals surface area contributed by atoms with E-state index in [1.54, 1.807) is 13.8 Å². The zero-order valence-electron chi connectivity index (χ0n) is 37.3. The maximum absolute atomic E-state index is 12.4. The molecular weight excluding hydrogens is 796 g/mol. The van der Waals surface area contributed by atoms with Crippen molar-refractivity contribution in [1.29, 1.82) is 0 Å². The van der Waals surface area contributed by atoms with Gasteiger partial charge >= 0.3 is 11.9 Å². The zero-order valence-corrected chi connectivity index (χ0v) is 37.3. The number of hydrogen-bond acceptors (Lipinski definition) is 16. The number of aliphatic hydroxyl groups excluding tert-OH is 6. The summed E-state index contributed by atoms with van der Waals surface area (Å²) in [5.41, 5.74) is -3.46. The summed E-state index contributed by atoms with van der Waals surface area (Å²) in [5, 5.41) is 77.1. The minimum Gasteiger partial charge on any atom is -0.455 e. The zero-order chi connectivity index (χ0) is 44.6. The summed E-state index contributed by atoms with van der Waals surface area (Å²) >= 11 is 0. The van der Waals surface area contributed by atoms with Crippen molar-refractivity contribution in [3.05, 3.63) is 0 Å². The Balaban J connectivity index is 1.15. The molecule has 0 aromatic rings. The van der Waals surface area contributed by atoms with E-state index < -0.39 is 109 Å². The molecule has 0 unspecified atom stereocenters. The summed E-state index contributed by atoms with van der Waals surface area (Å²) in [6.07, 6.45) is -7.80. The Kier molecular flexibility index (Phi) is 11.5. The number of rotatable bonds is 9. The van der Waals surface area contributed by atoms with Gasteiger partial charge in [0.1, 0.15) is 30.5 Å². The quantitative estimate of drug-likeness (QED) is 0.129. The van der Waals surface area contributed by atoms with E-state index in [0.29, 0.717) is 25.7 Å². The molecule has 0 aromatic carbocycles. The predicted octanol–water partition coefficient (Wildman–Crippen LogP) is 1.87. The Hall–Kier alpha value is -1.54. The van der Waals surface area contributed by atoms with Gasteiger partial charge in [0.25, 0.3) is 0 Å². The molecule has 16 heteroatoms. The summed E-state index contributed by atoms with van der Waals surface area (Å²) in [7, 11) is 0. The second kappa shape index (κ2) is 15.3. The Morgan fingerprint density at radius 2 is 1.43 bits per heavy atom. The fraction of sp³-hybridized carbons (Fsp3) is 0.956. The molecule has 0 amide bonds. The number of esters is 2. The lowest BCUT2D eigenvalue weighted by molar-refractivity contribution is -0.339. The number of aliphatic hydroxyl groups is 7. The number of carbonyl (C=O) groups excluding carboxylic acids is 2. The van der Waals surface area contributed by atoms with Gasteiger partial charge in [-0.15, -0.1) is 0 Å². The van der Waals surface area contributed by atoms with Gasteiger partial charge in [-0.25, -0.2) is 0 Å². The highest BCUT2D eigenvalue weighted by Gasteiger charge is 2.85. The van der Waals surface area contributed by atoms with Crippen LogP contribution in [0.4, 0.5) is 0 Å². The molecule has 16 nitrogen and oxygen atoms in total. The van der Waals surface area contributed by atoms with Gasteiger partial charge in [0, 0.05) is 19.8 Å². The standard InChI is InChI=1S/C45H72O16/c1-21(47)56-33-24(50)19-55-38(34(33)57-22(2)48)60-28-11-13-45-20-44(45)15-14-41(7)35(43(9)12-10-29(61-43)40(5,6)54)23(49)17-42(41,8)27(44)16-25(36(45)39(28,3)4)58-37-32(53)31(52)30(51)26(18-46)59-37/h23-38,46,49-54H,10-20H2,1-9H3/t23-,24-,25+,26-,27+,28+,29+,30-,31+,32-,33-,34-,35-,36+,37-,38+,41-,42+,43+,44+,45-/m1/s1. The van der Waals surface area contributed by atoms with E-state index in [1.165, 1.54) is 13.8 Å². The molecule has 0 radical (unpaired) electrons. The molecule has 2 spiro atoms. The number of hydrogen-bond donors (Lipinski definition) is 7. The average Bonchev–Trinajstić information content (AvgIpc) is 3.52. The first-order valence-corrected chi connectivity index (χ1v) is 22.6. The van der Waals surface area contributed by atoms with Crippen molar-refractivity contribution in [3.63, 3.8) is 0 Å². The van der Waals surface area contributed by atoms with Gasteiger partial charge in [0.05, 0.1) is 48.8 Å². The smallest absolute Gasteiger partial charge is 0.303 e. The Morgan fingerprint density at radius 1 is 0.754 bits per heavy atom. The summed E-state index contributed by atoms with van der Waals surface area (Å²) < 4.78 is 43.6. The lowest BCUT2D eigenvalue weighted by atomic mass is 9.41. The van der Waals surface area contributed by atoms with Crippen molar-refractivity contribution >= 4 is 11.9 Å². The Morgan fingerprint density at radius 3 is 2.05 bits per heavy atom. The van der Waals surface area contributed by atoms with Crippen molar-refractivity contribution in [1.82, 2.24) is 0 Å². The molecule has 3 saturated heterocycles. The van der Waals surface area contributed by atoms with Gasteiger partial charge in [-0.1, -0.05) is 27.7 Å². The fourth-order valence-electron chi connectivity index (χ4n) is 15.5. The first-order chi connectivity index (χ1) is 28.3. The van der Waals surface area contributed by atoms with Gasteiger partial charge < -0.3 is 68.9 Å². The van der Waals surface area contributed by atoms with Crippen molar-refractivity contribution in [2.24, 2.45) is 44.8 Å². The Bertz CT molecular complexity index is 1680.